The fourth-order valence-corrected chi connectivity index (χ4v) is 3.67. The van der Waals surface area contributed by atoms with Gasteiger partial charge in [0.25, 0.3) is 11.6 Å². The fraction of sp³-hybridized carbons (Fsp3) is 0.160. The number of nitrogens with one attached hydrogen (secondary N) is 2. The van der Waals surface area contributed by atoms with Gasteiger partial charge in [-0.15, -0.1) is 0 Å². The lowest BCUT2D eigenvalue weighted by atomic mass is 9.98. The van der Waals surface area contributed by atoms with Crippen LogP contribution in [0.2, 0.25) is 0 Å². The number of thiocarbonyl (C=S) groups is 1. The van der Waals surface area contributed by atoms with Crippen molar-refractivity contribution in [3.8, 4) is 11.5 Å². The van der Waals surface area contributed by atoms with Gasteiger partial charge < -0.3 is 9.73 Å². The minimum Gasteiger partial charge on any atom is -0.436 e. The summed E-state index contributed by atoms with van der Waals surface area (Å²) in [6, 6.07) is 19.0. The maximum absolute atomic E-state index is 12.4. The molecule has 0 aliphatic rings. The molecule has 0 saturated heterocycles. The van der Waals surface area contributed by atoms with E-state index in [1.54, 1.807) is 18.2 Å². The summed E-state index contributed by atoms with van der Waals surface area (Å²) in [5.74, 6) is 0.298. The summed E-state index contributed by atoms with van der Waals surface area (Å²) in [6.07, 6.45) is 1.05. The van der Waals surface area contributed by atoms with Gasteiger partial charge in [0.2, 0.25) is 5.89 Å². The van der Waals surface area contributed by atoms with Crippen LogP contribution in [0.5, 0.6) is 0 Å². The summed E-state index contributed by atoms with van der Waals surface area (Å²) in [7, 11) is 0. The van der Waals surface area contributed by atoms with Crippen molar-refractivity contribution in [1.82, 2.24) is 10.3 Å². The van der Waals surface area contributed by atoms with Gasteiger partial charge in [-0.05, 0) is 72.6 Å². The lowest BCUT2D eigenvalue weighted by Gasteiger charge is -2.10. The van der Waals surface area contributed by atoms with E-state index in [1.165, 1.54) is 23.8 Å². The molecule has 1 atom stereocenters. The molecule has 34 heavy (non-hydrogen) atoms. The number of amides is 1. The molecule has 172 valence electrons. The number of carbonyl (C=O) groups is 1. The van der Waals surface area contributed by atoms with Crippen LogP contribution >= 0.6 is 12.2 Å². The van der Waals surface area contributed by atoms with Crippen molar-refractivity contribution in [1.29, 1.82) is 0 Å². The highest BCUT2D eigenvalue weighted by Gasteiger charge is 2.20. The van der Waals surface area contributed by atoms with Gasteiger partial charge >= 0.3 is 0 Å². The number of nitrogens with zero attached hydrogens (tertiary/aromatic N) is 2. The van der Waals surface area contributed by atoms with Crippen LogP contribution < -0.4 is 10.6 Å². The van der Waals surface area contributed by atoms with Gasteiger partial charge in [-0.1, -0.05) is 32.0 Å². The average molecular weight is 475 g/mol. The van der Waals surface area contributed by atoms with E-state index in [0.717, 1.165) is 23.1 Å². The summed E-state index contributed by atoms with van der Waals surface area (Å²) in [5, 5.41) is 16.5. The van der Waals surface area contributed by atoms with Crippen molar-refractivity contribution < 1.29 is 14.1 Å². The molecule has 9 heteroatoms. The second-order valence-corrected chi connectivity index (χ2v) is 8.22. The minimum atomic E-state index is -0.662. The average Bonchev–Trinajstić information content (AvgIpc) is 3.27. The molecule has 4 rings (SSSR count). The molecular formula is C25H22N4O4S. The maximum atomic E-state index is 12.4. The summed E-state index contributed by atoms with van der Waals surface area (Å²) in [6.45, 7) is 4.34. The molecule has 3 aromatic carbocycles. The number of benzene rings is 3. The Hall–Kier alpha value is -4.11. The molecule has 1 amide bonds. The minimum absolute atomic E-state index is 0.0235. The largest absolute Gasteiger partial charge is 0.436 e. The molecule has 0 aliphatic carbocycles. The number of nitro benzene ring substituents is 1. The van der Waals surface area contributed by atoms with Gasteiger partial charge in [0.15, 0.2) is 10.7 Å². The number of fused-ring (bicyclic) bond motifs is 1. The van der Waals surface area contributed by atoms with Crippen molar-refractivity contribution in [2.75, 3.05) is 5.32 Å². The fourth-order valence-electron chi connectivity index (χ4n) is 3.46. The van der Waals surface area contributed by atoms with Crippen molar-refractivity contribution in [2.24, 2.45) is 0 Å². The summed E-state index contributed by atoms with van der Waals surface area (Å²) < 4.78 is 5.91. The standard InChI is InChI=1S/C25H22N4O4S/c1-3-15(2)17-10-13-22-20(14-17)27-24(33-22)16-8-11-18(12-9-16)26-25(34)28-23(30)19-6-4-5-7-21(19)29(31)32/h4-15H,3H2,1-2H3,(H2,26,28,30,34)/t15-/m0/s1. The summed E-state index contributed by atoms with van der Waals surface area (Å²) in [4.78, 5) is 27.6. The van der Waals surface area contributed by atoms with E-state index < -0.39 is 10.8 Å². The Balaban J connectivity index is 1.44. The van der Waals surface area contributed by atoms with E-state index in [9.17, 15) is 14.9 Å². The lowest BCUT2D eigenvalue weighted by molar-refractivity contribution is -0.385. The lowest BCUT2D eigenvalue weighted by Crippen LogP contribution is -2.34. The monoisotopic (exact) mass is 474 g/mol. The number of aromatic nitrogens is 1. The number of hydrogen-bond acceptors (Lipinski definition) is 6. The highest BCUT2D eigenvalue weighted by molar-refractivity contribution is 7.80. The number of para-hydroxylation sites is 1. The number of carbonyl (C=O) groups excluding carboxylic acids is 1. The Bertz CT molecular complexity index is 1380. The van der Waals surface area contributed by atoms with Gasteiger partial charge in [-0.2, -0.15) is 0 Å². The molecular weight excluding hydrogens is 452 g/mol. The topological polar surface area (TPSA) is 110 Å². The highest BCUT2D eigenvalue weighted by atomic mass is 32.1. The molecule has 0 radical (unpaired) electrons. The van der Waals surface area contributed by atoms with Crippen molar-refractivity contribution in [3.05, 3.63) is 88.0 Å². The first-order chi connectivity index (χ1) is 16.4. The molecule has 0 unspecified atom stereocenters. The van der Waals surface area contributed by atoms with Gasteiger partial charge in [-0.3, -0.25) is 20.2 Å². The number of anilines is 1. The second kappa shape index (κ2) is 9.80. The number of nitro groups is 1. The van der Waals surface area contributed by atoms with E-state index in [0.29, 0.717) is 17.5 Å². The number of rotatable bonds is 6. The molecule has 2 N–H and O–H groups in total. The van der Waals surface area contributed by atoms with Gasteiger partial charge in [0, 0.05) is 17.3 Å². The Morgan fingerprint density at radius 3 is 2.59 bits per heavy atom. The predicted octanol–water partition coefficient (Wildman–Crippen LogP) is 6.04. The van der Waals surface area contributed by atoms with Crippen LogP contribution in [-0.2, 0) is 0 Å². The normalized spacial score (nSPS) is 11.7. The van der Waals surface area contributed by atoms with E-state index >= 15 is 0 Å². The molecule has 8 nitrogen and oxygen atoms in total. The molecule has 0 saturated carbocycles. The molecule has 0 bridgehead atoms. The third-order valence-electron chi connectivity index (χ3n) is 5.56. The molecule has 0 aliphatic heterocycles. The Kier molecular flexibility index (Phi) is 6.65. The van der Waals surface area contributed by atoms with Gasteiger partial charge in [0.1, 0.15) is 11.1 Å². The van der Waals surface area contributed by atoms with Crippen LogP contribution in [0.4, 0.5) is 11.4 Å². The van der Waals surface area contributed by atoms with Crippen LogP contribution in [0.15, 0.2) is 71.1 Å². The summed E-state index contributed by atoms with van der Waals surface area (Å²) >= 11 is 5.19. The molecule has 1 aromatic heterocycles. The Labute approximate surface area is 201 Å². The summed E-state index contributed by atoms with van der Waals surface area (Å²) in [5.41, 5.74) is 3.83. The number of oxazole rings is 1. The van der Waals surface area contributed by atoms with E-state index in [2.05, 4.69) is 41.6 Å². The first kappa shape index (κ1) is 23.1. The van der Waals surface area contributed by atoms with Crippen LogP contribution in [0.25, 0.3) is 22.6 Å². The van der Waals surface area contributed by atoms with E-state index in [4.69, 9.17) is 16.6 Å². The SMILES string of the molecule is CC[C@H](C)c1ccc2oc(-c3ccc(NC(=S)NC(=O)c4ccccc4[N+](=O)[O-])cc3)nc2c1. The molecule has 0 fully saturated rings. The smallest absolute Gasteiger partial charge is 0.282 e. The Morgan fingerprint density at radius 1 is 1.15 bits per heavy atom. The highest BCUT2D eigenvalue weighted by Crippen LogP contribution is 2.28. The molecule has 1 heterocycles. The molecule has 4 aromatic rings. The first-order valence-electron chi connectivity index (χ1n) is 10.7. The maximum Gasteiger partial charge on any atom is 0.282 e. The van der Waals surface area contributed by atoms with Crippen LogP contribution in [0, 0.1) is 10.1 Å². The zero-order valence-corrected chi connectivity index (χ0v) is 19.4. The van der Waals surface area contributed by atoms with Crippen LogP contribution in [0.3, 0.4) is 0 Å². The van der Waals surface area contributed by atoms with Crippen molar-refractivity contribution in [2.45, 2.75) is 26.2 Å². The van der Waals surface area contributed by atoms with E-state index in [1.807, 2.05) is 18.2 Å². The zero-order valence-electron chi connectivity index (χ0n) is 18.6. The van der Waals surface area contributed by atoms with Gasteiger partial charge in [0.05, 0.1) is 4.92 Å². The zero-order chi connectivity index (χ0) is 24.2. The third kappa shape index (κ3) is 4.94. The Morgan fingerprint density at radius 2 is 1.88 bits per heavy atom. The quantitative estimate of drug-likeness (QED) is 0.199. The second-order valence-electron chi connectivity index (χ2n) is 7.82. The predicted molar refractivity (Wildman–Crippen MR) is 135 cm³/mol. The van der Waals surface area contributed by atoms with Crippen LogP contribution in [0.1, 0.15) is 42.1 Å². The van der Waals surface area contributed by atoms with Crippen molar-refractivity contribution >= 4 is 45.7 Å². The van der Waals surface area contributed by atoms with Crippen LogP contribution in [-0.4, -0.2) is 20.9 Å². The van der Waals surface area contributed by atoms with E-state index in [-0.39, 0.29) is 16.4 Å². The number of hydrogen-bond donors (Lipinski definition) is 2. The molecule has 0 spiro atoms. The van der Waals surface area contributed by atoms with Gasteiger partial charge in [-0.25, -0.2) is 4.98 Å². The third-order valence-corrected chi connectivity index (χ3v) is 5.76. The first-order valence-corrected chi connectivity index (χ1v) is 11.1. The van der Waals surface area contributed by atoms with Crippen molar-refractivity contribution in [3.63, 3.8) is 0 Å².